The molecule has 19 heavy (non-hydrogen) atoms. The van der Waals surface area contributed by atoms with Crippen molar-refractivity contribution >= 4 is 5.82 Å². The molecule has 0 saturated heterocycles. The van der Waals surface area contributed by atoms with Gasteiger partial charge in [0.15, 0.2) is 0 Å². The highest BCUT2D eigenvalue weighted by atomic mass is 16.5. The maximum Gasteiger partial charge on any atom is 0.222 e. The molecule has 1 N–H and O–H groups in total. The first-order valence-corrected chi connectivity index (χ1v) is 7.24. The molecule has 1 fully saturated rings. The lowest BCUT2D eigenvalue weighted by molar-refractivity contribution is 0.0939. The summed E-state index contributed by atoms with van der Waals surface area (Å²) in [5.74, 6) is 1.63. The summed E-state index contributed by atoms with van der Waals surface area (Å²) in [5, 5.41) is 3.11. The molecule has 0 aliphatic heterocycles. The Labute approximate surface area is 116 Å². The van der Waals surface area contributed by atoms with E-state index in [-0.39, 0.29) is 0 Å². The van der Waals surface area contributed by atoms with Crippen molar-refractivity contribution in [1.82, 2.24) is 9.97 Å². The van der Waals surface area contributed by atoms with Gasteiger partial charge in [-0.25, -0.2) is 9.97 Å². The molecule has 1 aliphatic rings. The van der Waals surface area contributed by atoms with Crippen molar-refractivity contribution in [3.8, 4) is 5.88 Å². The lowest BCUT2D eigenvalue weighted by atomic mass is 9.76. The largest absolute Gasteiger partial charge is 0.474 e. The van der Waals surface area contributed by atoms with Crippen molar-refractivity contribution in [2.45, 2.75) is 59.0 Å². The fourth-order valence-electron chi connectivity index (χ4n) is 2.68. The normalized spacial score (nSPS) is 19.2. The molecule has 0 bridgehead atoms. The third-order valence-corrected chi connectivity index (χ3v) is 4.06. The van der Waals surface area contributed by atoms with Gasteiger partial charge in [0.05, 0.1) is 5.56 Å². The van der Waals surface area contributed by atoms with Crippen LogP contribution in [0.3, 0.4) is 0 Å². The van der Waals surface area contributed by atoms with Gasteiger partial charge in [0.2, 0.25) is 5.88 Å². The van der Waals surface area contributed by atoms with E-state index >= 15 is 0 Å². The number of nitrogens with one attached hydrogen (secondary N) is 1. The second kappa shape index (κ2) is 5.76. The summed E-state index contributed by atoms with van der Waals surface area (Å²) in [6.45, 7) is 6.78. The maximum atomic E-state index is 6.12. The fourth-order valence-corrected chi connectivity index (χ4v) is 2.68. The van der Waals surface area contributed by atoms with Crippen LogP contribution in [0.1, 0.15) is 52.0 Å². The highest BCUT2D eigenvalue weighted by Gasteiger charge is 2.28. The molecule has 1 aromatic heterocycles. The summed E-state index contributed by atoms with van der Waals surface area (Å²) in [6.07, 6.45) is 7.45. The van der Waals surface area contributed by atoms with E-state index in [1.165, 1.54) is 12.8 Å². The molecule has 1 saturated carbocycles. The van der Waals surface area contributed by atoms with E-state index in [9.17, 15) is 0 Å². The molecule has 4 nitrogen and oxygen atoms in total. The van der Waals surface area contributed by atoms with Gasteiger partial charge in [-0.15, -0.1) is 0 Å². The van der Waals surface area contributed by atoms with E-state index in [2.05, 4.69) is 36.1 Å². The predicted molar refractivity (Wildman–Crippen MR) is 77.6 cm³/mol. The average Bonchev–Trinajstić information content (AvgIpc) is 2.40. The highest BCUT2D eigenvalue weighted by molar-refractivity contribution is 5.48. The van der Waals surface area contributed by atoms with Gasteiger partial charge in [-0.1, -0.05) is 20.8 Å². The van der Waals surface area contributed by atoms with Crippen LogP contribution >= 0.6 is 0 Å². The van der Waals surface area contributed by atoms with Crippen molar-refractivity contribution < 1.29 is 4.74 Å². The van der Waals surface area contributed by atoms with Crippen LogP contribution in [0, 0.1) is 5.41 Å². The SMILES string of the molecule is CCc1c(NC)ncnc1OC1CCC(C)(C)CC1. The Kier molecular flexibility index (Phi) is 4.27. The van der Waals surface area contributed by atoms with E-state index in [1.807, 2.05) is 7.05 Å². The third-order valence-electron chi connectivity index (χ3n) is 4.06. The van der Waals surface area contributed by atoms with Gasteiger partial charge in [0.25, 0.3) is 0 Å². The predicted octanol–water partition coefficient (Wildman–Crippen LogP) is 3.43. The number of aromatic nitrogens is 2. The number of hydrogen-bond donors (Lipinski definition) is 1. The Morgan fingerprint density at radius 1 is 1.32 bits per heavy atom. The van der Waals surface area contributed by atoms with Crippen LogP contribution in [0.2, 0.25) is 0 Å². The van der Waals surface area contributed by atoms with Crippen LogP contribution in [0.4, 0.5) is 5.82 Å². The van der Waals surface area contributed by atoms with E-state index < -0.39 is 0 Å². The summed E-state index contributed by atoms with van der Waals surface area (Å²) >= 11 is 0. The third kappa shape index (κ3) is 3.37. The van der Waals surface area contributed by atoms with Gasteiger partial charge in [-0.2, -0.15) is 0 Å². The van der Waals surface area contributed by atoms with Crippen molar-refractivity contribution in [2.75, 3.05) is 12.4 Å². The van der Waals surface area contributed by atoms with Gasteiger partial charge in [0.1, 0.15) is 18.2 Å². The molecule has 4 heteroatoms. The smallest absolute Gasteiger partial charge is 0.222 e. The van der Waals surface area contributed by atoms with Crippen LogP contribution in [-0.4, -0.2) is 23.1 Å². The number of nitrogens with zero attached hydrogens (tertiary/aromatic N) is 2. The number of ether oxygens (including phenoxy) is 1. The molecule has 1 heterocycles. The van der Waals surface area contributed by atoms with Crippen LogP contribution in [0.5, 0.6) is 5.88 Å². The summed E-state index contributed by atoms with van der Waals surface area (Å²) in [4.78, 5) is 8.56. The van der Waals surface area contributed by atoms with Gasteiger partial charge in [-0.3, -0.25) is 0 Å². The van der Waals surface area contributed by atoms with Crippen LogP contribution in [-0.2, 0) is 6.42 Å². The first-order valence-electron chi connectivity index (χ1n) is 7.24. The highest BCUT2D eigenvalue weighted by Crippen LogP contribution is 2.37. The molecular formula is C15H25N3O. The summed E-state index contributed by atoms with van der Waals surface area (Å²) in [7, 11) is 1.88. The zero-order valence-corrected chi connectivity index (χ0v) is 12.5. The maximum absolute atomic E-state index is 6.12. The minimum atomic E-state index is 0.304. The van der Waals surface area contributed by atoms with Crippen molar-refractivity contribution in [1.29, 1.82) is 0 Å². The minimum absolute atomic E-state index is 0.304. The number of anilines is 1. The Morgan fingerprint density at radius 3 is 2.58 bits per heavy atom. The molecule has 1 aromatic rings. The average molecular weight is 263 g/mol. The van der Waals surface area contributed by atoms with Crippen molar-refractivity contribution in [3.63, 3.8) is 0 Å². The number of rotatable bonds is 4. The van der Waals surface area contributed by atoms with Crippen LogP contribution in [0.15, 0.2) is 6.33 Å². The Morgan fingerprint density at radius 2 is 2.00 bits per heavy atom. The zero-order valence-electron chi connectivity index (χ0n) is 12.5. The van der Waals surface area contributed by atoms with E-state index in [0.29, 0.717) is 11.5 Å². The summed E-state index contributed by atoms with van der Waals surface area (Å²) in [5.41, 5.74) is 1.55. The molecule has 2 rings (SSSR count). The minimum Gasteiger partial charge on any atom is -0.474 e. The molecule has 0 radical (unpaired) electrons. The van der Waals surface area contributed by atoms with E-state index in [1.54, 1.807) is 6.33 Å². The summed E-state index contributed by atoms with van der Waals surface area (Å²) in [6, 6.07) is 0. The Hall–Kier alpha value is -1.32. The topological polar surface area (TPSA) is 47.0 Å². The first-order chi connectivity index (χ1) is 9.05. The molecule has 1 aliphatic carbocycles. The molecule has 0 unspecified atom stereocenters. The monoisotopic (exact) mass is 263 g/mol. The first kappa shape index (κ1) is 14.1. The summed E-state index contributed by atoms with van der Waals surface area (Å²) < 4.78 is 6.12. The van der Waals surface area contributed by atoms with Gasteiger partial charge in [-0.05, 0) is 37.5 Å². The number of hydrogen-bond acceptors (Lipinski definition) is 4. The van der Waals surface area contributed by atoms with Gasteiger partial charge in [0, 0.05) is 7.05 Å². The Bertz CT molecular complexity index is 421. The van der Waals surface area contributed by atoms with Crippen molar-refractivity contribution in [2.24, 2.45) is 5.41 Å². The Balaban J connectivity index is 2.07. The van der Waals surface area contributed by atoms with E-state index in [0.717, 1.165) is 36.5 Å². The van der Waals surface area contributed by atoms with Crippen molar-refractivity contribution in [3.05, 3.63) is 11.9 Å². The molecular weight excluding hydrogens is 238 g/mol. The second-order valence-corrected chi connectivity index (χ2v) is 6.09. The fraction of sp³-hybridized carbons (Fsp3) is 0.733. The standard InChI is InChI=1S/C15H25N3O/c1-5-12-13(16-4)17-10-18-14(12)19-11-6-8-15(2,3)9-7-11/h10-11H,5-9H2,1-4H3,(H,16,17,18). The lowest BCUT2D eigenvalue weighted by Gasteiger charge is -2.34. The molecule has 0 amide bonds. The molecule has 0 spiro atoms. The lowest BCUT2D eigenvalue weighted by Crippen LogP contribution is -2.29. The van der Waals surface area contributed by atoms with Crippen LogP contribution < -0.4 is 10.1 Å². The van der Waals surface area contributed by atoms with E-state index in [4.69, 9.17) is 4.74 Å². The van der Waals surface area contributed by atoms with Gasteiger partial charge < -0.3 is 10.1 Å². The molecule has 0 aromatic carbocycles. The van der Waals surface area contributed by atoms with Gasteiger partial charge >= 0.3 is 0 Å². The second-order valence-electron chi connectivity index (χ2n) is 6.09. The quantitative estimate of drug-likeness (QED) is 0.904. The molecule has 0 atom stereocenters. The molecule has 106 valence electrons. The zero-order chi connectivity index (χ0) is 13.9. The van der Waals surface area contributed by atoms with Crippen LogP contribution in [0.25, 0.3) is 0 Å².